The Hall–Kier alpha value is -2.02. The zero-order valence-corrected chi connectivity index (χ0v) is 12.6. The van der Waals surface area contributed by atoms with Gasteiger partial charge in [-0.3, -0.25) is 9.59 Å². The minimum absolute atomic E-state index is 0.0691. The van der Waals surface area contributed by atoms with Crippen LogP contribution in [0, 0.1) is 5.82 Å². The lowest BCUT2D eigenvalue weighted by atomic mass is 10.3. The van der Waals surface area contributed by atoms with Crippen molar-refractivity contribution >= 4 is 33.4 Å². The van der Waals surface area contributed by atoms with Gasteiger partial charge in [-0.05, 0) is 24.6 Å². The molecule has 0 fully saturated rings. The van der Waals surface area contributed by atoms with Crippen molar-refractivity contribution in [1.82, 2.24) is 4.57 Å². The minimum atomic E-state index is -0.455. The first-order valence-electron chi connectivity index (χ1n) is 6.48. The Balaban J connectivity index is 2.59. The third-order valence-corrected chi connectivity index (χ3v) is 3.89. The third kappa shape index (κ3) is 3.55. The normalized spacial score (nSPS) is 11.9. The number of esters is 1. The zero-order valence-electron chi connectivity index (χ0n) is 11.8. The van der Waals surface area contributed by atoms with E-state index in [0.29, 0.717) is 27.9 Å². The summed E-state index contributed by atoms with van der Waals surface area (Å²) in [5.41, 5.74) is 0.648. The SMILES string of the molecule is CCCC(=O)N=c1sc2cc(F)ccc2n1CC(=O)OC. The van der Waals surface area contributed by atoms with E-state index in [0.717, 1.165) is 0 Å². The van der Waals surface area contributed by atoms with Crippen LogP contribution in [0.15, 0.2) is 23.2 Å². The second-order valence-electron chi connectivity index (χ2n) is 4.41. The van der Waals surface area contributed by atoms with E-state index >= 15 is 0 Å². The molecule has 0 unspecified atom stereocenters. The number of benzene rings is 1. The number of thiazole rings is 1. The number of carbonyl (C=O) groups excluding carboxylic acids is 2. The van der Waals surface area contributed by atoms with Crippen LogP contribution in [0.2, 0.25) is 0 Å². The Bertz CT molecular complexity index is 748. The molecular weight excluding hydrogens is 295 g/mol. The second kappa shape index (κ2) is 6.62. The first-order valence-corrected chi connectivity index (χ1v) is 7.30. The lowest BCUT2D eigenvalue weighted by Crippen LogP contribution is -2.22. The maximum absolute atomic E-state index is 13.3. The molecule has 21 heavy (non-hydrogen) atoms. The highest BCUT2D eigenvalue weighted by Gasteiger charge is 2.12. The third-order valence-electron chi connectivity index (χ3n) is 2.84. The fourth-order valence-electron chi connectivity index (χ4n) is 1.86. The van der Waals surface area contributed by atoms with E-state index in [9.17, 15) is 14.0 Å². The number of hydrogen-bond acceptors (Lipinski definition) is 4. The van der Waals surface area contributed by atoms with Crippen LogP contribution in [0.25, 0.3) is 10.2 Å². The van der Waals surface area contributed by atoms with Crippen molar-refractivity contribution < 1.29 is 18.7 Å². The highest BCUT2D eigenvalue weighted by Crippen LogP contribution is 2.18. The van der Waals surface area contributed by atoms with Crippen molar-refractivity contribution in [2.24, 2.45) is 4.99 Å². The van der Waals surface area contributed by atoms with Crippen LogP contribution < -0.4 is 4.80 Å². The van der Waals surface area contributed by atoms with Crippen molar-refractivity contribution in [3.8, 4) is 0 Å². The van der Waals surface area contributed by atoms with E-state index in [-0.39, 0.29) is 18.3 Å². The fourth-order valence-corrected chi connectivity index (χ4v) is 2.93. The summed E-state index contributed by atoms with van der Waals surface area (Å²) in [6.07, 6.45) is 1.03. The van der Waals surface area contributed by atoms with Gasteiger partial charge in [-0.15, -0.1) is 0 Å². The van der Waals surface area contributed by atoms with Gasteiger partial charge in [-0.1, -0.05) is 18.3 Å². The molecule has 5 nitrogen and oxygen atoms in total. The Morgan fingerprint density at radius 3 is 2.86 bits per heavy atom. The summed E-state index contributed by atoms with van der Waals surface area (Å²) in [6, 6.07) is 4.23. The molecule has 2 rings (SSSR count). The van der Waals surface area contributed by atoms with Gasteiger partial charge in [0.15, 0.2) is 4.80 Å². The molecule has 1 aromatic heterocycles. The van der Waals surface area contributed by atoms with Crippen LogP contribution in [-0.4, -0.2) is 23.6 Å². The summed E-state index contributed by atoms with van der Waals surface area (Å²) in [6.45, 7) is 1.82. The molecule has 0 aliphatic heterocycles. The molecule has 112 valence electrons. The monoisotopic (exact) mass is 310 g/mol. The number of rotatable bonds is 4. The molecular formula is C14H15FN2O3S. The molecule has 2 aromatic rings. The Morgan fingerprint density at radius 1 is 1.43 bits per heavy atom. The molecule has 7 heteroatoms. The first kappa shape index (κ1) is 15.4. The minimum Gasteiger partial charge on any atom is -0.468 e. The highest BCUT2D eigenvalue weighted by atomic mass is 32.1. The van der Waals surface area contributed by atoms with Crippen molar-refractivity contribution in [3.63, 3.8) is 0 Å². The number of amides is 1. The van der Waals surface area contributed by atoms with Gasteiger partial charge in [0.1, 0.15) is 12.4 Å². The molecule has 0 atom stereocenters. The molecule has 0 N–H and O–H groups in total. The number of methoxy groups -OCH3 is 1. The Morgan fingerprint density at radius 2 is 2.19 bits per heavy atom. The molecule has 0 radical (unpaired) electrons. The van der Waals surface area contributed by atoms with Gasteiger partial charge in [-0.2, -0.15) is 4.99 Å². The molecule has 0 saturated heterocycles. The van der Waals surface area contributed by atoms with Crippen molar-refractivity contribution in [2.75, 3.05) is 7.11 Å². The molecule has 1 amide bonds. The number of hydrogen-bond donors (Lipinski definition) is 0. The molecule has 0 spiro atoms. The van der Waals surface area contributed by atoms with Crippen molar-refractivity contribution in [1.29, 1.82) is 0 Å². The largest absolute Gasteiger partial charge is 0.468 e. The maximum Gasteiger partial charge on any atom is 0.325 e. The predicted octanol–water partition coefficient (Wildman–Crippen LogP) is 2.24. The predicted molar refractivity (Wildman–Crippen MR) is 77.3 cm³/mol. The Labute approximate surface area is 124 Å². The Kier molecular flexibility index (Phi) is 4.85. The second-order valence-corrected chi connectivity index (χ2v) is 5.42. The summed E-state index contributed by atoms with van der Waals surface area (Å²) in [5, 5.41) is 0. The van der Waals surface area contributed by atoms with E-state index in [1.807, 2.05) is 6.92 Å². The molecule has 1 heterocycles. The van der Waals surface area contributed by atoms with Crippen LogP contribution >= 0.6 is 11.3 Å². The molecule has 1 aromatic carbocycles. The van der Waals surface area contributed by atoms with Gasteiger partial charge in [0.2, 0.25) is 5.91 Å². The van der Waals surface area contributed by atoms with E-state index in [1.54, 1.807) is 10.6 Å². The van der Waals surface area contributed by atoms with Gasteiger partial charge < -0.3 is 9.30 Å². The quantitative estimate of drug-likeness (QED) is 0.814. The van der Waals surface area contributed by atoms with Crippen LogP contribution in [0.1, 0.15) is 19.8 Å². The van der Waals surface area contributed by atoms with E-state index < -0.39 is 5.97 Å². The topological polar surface area (TPSA) is 60.7 Å². The van der Waals surface area contributed by atoms with Crippen molar-refractivity contribution in [3.05, 3.63) is 28.8 Å². The summed E-state index contributed by atoms with van der Waals surface area (Å²) >= 11 is 1.17. The van der Waals surface area contributed by atoms with Crippen LogP contribution in [0.4, 0.5) is 4.39 Å². The number of fused-ring (bicyclic) bond motifs is 1. The van der Waals surface area contributed by atoms with Gasteiger partial charge in [0, 0.05) is 6.42 Å². The number of aromatic nitrogens is 1. The smallest absolute Gasteiger partial charge is 0.325 e. The zero-order chi connectivity index (χ0) is 15.4. The van der Waals surface area contributed by atoms with Gasteiger partial charge in [-0.25, -0.2) is 4.39 Å². The number of ether oxygens (including phenoxy) is 1. The summed E-state index contributed by atoms with van der Waals surface area (Å²) < 4.78 is 20.1. The molecule has 0 aliphatic carbocycles. The average molecular weight is 310 g/mol. The average Bonchev–Trinajstić information content (AvgIpc) is 2.75. The lowest BCUT2D eigenvalue weighted by molar-refractivity contribution is -0.141. The van der Waals surface area contributed by atoms with Gasteiger partial charge in [0.25, 0.3) is 0 Å². The number of carbonyl (C=O) groups is 2. The summed E-state index contributed by atoms with van der Waals surface area (Å²) in [7, 11) is 1.29. The number of nitrogens with zero attached hydrogens (tertiary/aromatic N) is 2. The van der Waals surface area contributed by atoms with Gasteiger partial charge >= 0.3 is 5.97 Å². The van der Waals surface area contributed by atoms with E-state index in [4.69, 9.17) is 0 Å². The fraction of sp³-hybridized carbons (Fsp3) is 0.357. The van der Waals surface area contributed by atoms with Crippen LogP contribution in [-0.2, 0) is 20.9 Å². The summed E-state index contributed by atoms with van der Waals surface area (Å²) in [5.74, 6) is -1.09. The van der Waals surface area contributed by atoms with Gasteiger partial charge in [0.05, 0.1) is 17.3 Å². The van der Waals surface area contributed by atoms with E-state index in [2.05, 4.69) is 9.73 Å². The van der Waals surface area contributed by atoms with E-state index in [1.165, 1.54) is 30.6 Å². The van der Waals surface area contributed by atoms with Crippen LogP contribution in [0.5, 0.6) is 0 Å². The number of halogens is 1. The lowest BCUT2D eigenvalue weighted by Gasteiger charge is -2.03. The maximum atomic E-state index is 13.3. The van der Waals surface area contributed by atoms with Crippen molar-refractivity contribution in [2.45, 2.75) is 26.3 Å². The standard InChI is InChI=1S/C14H15FN2O3S/c1-3-4-12(18)16-14-17(8-13(19)20-2)10-6-5-9(15)7-11(10)21-14/h5-7H,3-4,8H2,1-2H3. The molecule has 0 bridgehead atoms. The first-order chi connectivity index (χ1) is 10.0. The van der Waals surface area contributed by atoms with Crippen LogP contribution in [0.3, 0.4) is 0 Å². The molecule has 0 aliphatic rings. The molecule has 0 saturated carbocycles. The highest BCUT2D eigenvalue weighted by molar-refractivity contribution is 7.16. The summed E-state index contributed by atoms with van der Waals surface area (Å²) in [4.78, 5) is 27.6.